The Labute approximate surface area is 196 Å². The van der Waals surface area contributed by atoms with Crippen LogP contribution in [0.15, 0.2) is 23.1 Å². The van der Waals surface area contributed by atoms with Crippen molar-refractivity contribution in [2.24, 2.45) is 11.8 Å². The van der Waals surface area contributed by atoms with Gasteiger partial charge in [0.05, 0.1) is 13.2 Å². The zero-order chi connectivity index (χ0) is 24.3. The van der Waals surface area contributed by atoms with Crippen LogP contribution in [0.1, 0.15) is 45.6 Å². The molecular weight excluding hydrogens is 444 g/mol. The lowest BCUT2D eigenvalue weighted by molar-refractivity contribution is -0.138. The zero-order valence-corrected chi connectivity index (χ0v) is 20.5. The lowest BCUT2D eigenvalue weighted by Gasteiger charge is -2.38. The Morgan fingerprint density at radius 3 is 2.61 bits per heavy atom. The van der Waals surface area contributed by atoms with Crippen LogP contribution in [0.4, 0.5) is 0 Å². The number of rotatable bonds is 5. The Kier molecular flexibility index (Phi) is 8.06. The highest BCUT2D eigenvalue weighted by atomic mass is 32.2. The third-order valence-corrected chi connectivity index (χ3v) is 8.40. The molecule has 1 amide bonds. The molecule has 3 rings (SSSR count). The number of sulfonamides is 1. The summed E-state index contributed by atoms with van der Waals surface area (Å²) < 4.78 is 34.5. The lowest BCUT2D eigenvalue weighted by atomic mass is 9.84. The van der Waals surface area contributed by atoms with Crippen LogP contribution in [0, 0.1) is 23.7 Å². The number of aliphatic hydroxyl groups is 2. The van der Waals surface area contributed by atoms with Gasteiger partial charge in [-0.2, -0.15) is 4.31 Å². The lowest BCUT2D eigenvalue weighted by Crippen LogP contribution is -2.50. The standard InChI is InChI=1S/C24H34N2O6S/c1-16-13-26(17(2)15-27)33(30,31)23-11-10-19(9-8-18(3)28)12-21(23)32-22(16)14-25(4)24(29)20-6-5-7-20/h10-12,16-18,20,22,27-28H,5-7,13-15H2,1-4H3/t16-,17+,18-,22+/m0/s1. The maximum Gasteiger partial charge on any atom is 0.247 e. The Bertz CT molecular complexity index is 1030. The molecule has 8 nitrogen and oxygen atoms in total. The fourth-order valence-corrected chi connectivity index (χ4v) is 5.86. The van der Waals surface area contributed by atoms with Gasteiger partial charge in [0.2, 0.25) is 15.9 Å². The number of hydrogen-bond donors (Lipinski definition) is 2. The van der Waals surface area contributed by atoms with Crippen LogP contribution in [0.5, 0.6) is 5.75 Å². The van der Waals surface area contributed by atoms with E-state index in [2.05, 4.69) is 11.8 Å². The molecule has 0 spiro atoms. The number of hydrogen-bond acceptors (Lipinski definition) is 6. The van der Waals surface area contributed by atoms with Gasteiger partial charge in [-0.25, -0.2) is 8.42 Å². The molecule has 1 fully saturated rings. The predicted octanol–water partition coefficient (Wildman–Crippen LogP) is 1.45. The fraction of sp³-hybridized carbons (Fsp3) is 0.625. The SMILES string of the molecule is C[C@H](O)C#Cc1ccc2c(c1)O[C@H](CN(C)C(=O)C1CCC1)[C@@H](C)CN([C@H](C)CO)S2(=O)=O. The first-order chi connectivity index (χ1) is 15.5. The quantitative estimate of drug-likeness (QED) is 0.621. The second kappa shape index (κ2) is 10.4. The van der Waals surface area contributed by atoms with Gasteiger partial charge < -0.3 is 19.8 Å². The molecule has 33 heavy (non-hydrogen) atoms. The second-order valence-electron chi connectivity index (χ2n) is 9.19. The molecule has 0 radical (unpaired) electrons. The Morgan fingerprint density at radius 2 is 2.03 bits per heavy atom. The van der Waals surface area contributed by atoms with E-state index in [0.717, 1.165) is 19.3 Å². The highest BCUT2D eigenvalue weighted by Gasteiger charge is 2.39. The summed E-state index contributed by atoms with van der Waals surface area (Å²) >= 11 is 0. The molecule has 4 atom stereocenters. The molecule has 2 N–H and O–H groups in total. The van der Waals surface area contributed by atoms with Crippen molar-refractivity contribution >= 4 is 15.9 Å². The van der Waals surface area contributed by atoms with Gasteiger partial charge in [-0.05, 0) is 44.9 Å². The summed E-state index contributed by atoms with van der Waals surface area (Å²) in [5.41, 5.74) is 0.512. The van der Waals surface area contributed by atoms with Crippen LogP contribution in [0.3, 0.4) is 0 Å². The topological polar surface area (TPSA) is 107 Å². The molecule has 9 heteroatoms. The van der Waals surface area contributed by atoms with E-state index in [9.17, 15) is 23.4 Å². The summed E-state index contributed by atoms with van der Waals surface area (Å²) in [6, 6.07) is 3.96. The van der Waals surface area contributed by atoms with E-state index in [-0.39, 0.29) is 41.5 Å². The van der Waals surface area contributed by atoms with Crippen molar-refractivity contribution in [3.05, 3.63) is 23.8 Å². The first-order valence-electron chi connectivity index (χ1n) is 11.4. The van der Waals surface area contributed by atoms with Gasteiger partial charge in [0.15, 0.2) is 0 Å². The maximum atomic E-state index is 13.5. The van der Waals surface area contributed by atoms with Gasteiger partial charge in [-0.3, -0.25) is 4.79 Å². The van der Waals surface area contributed by atoms with Gasteiger partial charge in [-0.15, -0.1) is 0 Å². The molecule has 182 valence electrons. The second-order valence-corrected chi connectivity index (χ2v) is 11.1. The summed E-state index contributed by atoms with van der Waals surface area (Å²) in [4.78, 5) is 14.4. The molecule has 1 aromatic rings. The fourth-order valence-electron chi connectivity index (χ4n) is 4.04. The number of likely N-dealkylation sites (N-methyl/N-ethyl adjacent to an activating group) is 1. The molecule has 1 aliphatic carbocycles. The Hall–Kier alpha value is -2.12. The normalized spacial score (nSPS) is 24.5. The summed E-state index contributed by atoms with van der Waals surface area (Å²) in [5.74, 6) is 5.53. The number of aliphatic hydroxyl groups excluding tert-OH is 2. The number of carbonyl (C=O) groups is 1. The van der Waals surface area contributed by atoms with Crippen LogP contribution < -0.4 is 4.74 Å². The van der Waals surface area contributed by atoms with Gasteiger partial charge >= 0.3 is 0 Å². The highest BCUT2D eigenvalue weighted by molar-refractivity contribution is 7.89. The van der Waals surface area contributed by atoms with Crippen molar-refractivity contribution in [3.63, 3.8) is 0 Å². The number of benzene rings is 1. The number of fused-ring (bicyclic) bond motifs is 1. The van der Waals surface area contributed by atoms with E-state index in [1.165, 1.54) is 10.4 Å². The van der Waals surface area contributed by atoms with Crippen molar-refractivity contribution in [2.75, 3.05) is 26.7 Å². The van der Waals surface area contributed by atoms with Crippen LogP contribution >= 0.6 is 0 Å². The number of carbonyl (C=O) groups excluding carboxylic acids is 1. The molecule has 0 unspecified atom stereocenters. The molecule has 0 aromatic heterocycles. The van der Waals surface area contributed by atoms with Crippen molar-refractivity contribution in [2.45, 2.75) is 63.2 Å². The minimum atomic E-state index is -3.94. The van der Waals surface area contributed by atoms with Crippen LogP contribution in [-0.4, -0.2) is 78.7 Å². The number of amides is 1. The minimum absolute atomic E-state index is 0.00438. The molecule has 1 saturated carbocycles. The molecule has 1 aromatic carbocycles. The molecule has 1 heterocycles. The van der Waals surface area contributed by atoms with E-state index in [1.54, 1.807) is 37.9 Å². The van der Waals surface area contributed by atoms with E-state index < -0.39 is 28.3 Å². The van der Waals surface area contributed by atoms with Crippen LogP contribution in [-0.2, 0) is 14.8 Å². The smallest absolute Gasteiger partial charge is 0.247 e. The summed E-state index contributed by atoms with van der Waals surface area (Å²) in [6.07, 6.45) is 1.59. The molecule has 0 bridgehead atoms. The largest absolute Gasteiger partial charge is 0.487 e. The first kappa shape index (κ1) is 25.5. The average molecular weight is 479 g/mol. The van der Waals surface area contributed by atoms with E-state index in [1.807, 2.05) is 6.92 Å². The molecule has 2 aliphatic rings. The van der Waals surface area contributed by atoms with E-state index in [4.69, 9.17) is 4.74 Å². The summed E-state index contributed by atoms with van der Waals surface area (Å²) in [6.45, 7) is 5.26. The van der Waals surface area contributed by atoms with Gasteiger partial charge in [0.1, 0.15) is 22.9 Å². The molecule has 1 aliphatic heterocycles. The maximum absolute atomic E-state index is 13.5. The highest BCUT2D eigenvalue weighted by Crippen LogP contribution is 2.34. The number of ether oxygens (including phenoxy) is 1. The third kappa shape index (κ3) is 5.69. The van der Waals surface area contributed by atoms with Crippen molar-refractivity contribution in [1.82, 2.24) is 9.21 Å². The van der Waals surface area contributed by atoms with Gasteiger partial charge in [0, 0.05) is 37.0 Å². The molecule has 0 saturated heterocycles. The summed E-state index contributed by atoms with van der Waals surface area (Å²) in [7, 11) is -2.19. The van der Waals surface area contributed by atoms with E-state index >= 15 is 0 Å². The average Bonchev–Trinajstić information content (AvgIpc) is 2.72. The number of nitrogens with zero attached hydrogens (tertiary/aromatic N) is 2. The van der Waals surface area contributed by atoms with Gasteiger partial charge in [0.25, 0.3) is 0 Å². The zero-order valence-electron chi connectivity index (χ0n) is 19.7. The van der Waals surface area contributed by atoms with Crippen LogP contribution in [0.25, 0.3) is 0 Å². The molecular formula is C24H34N2O6S. The van der Waals surface area contributed by atoms with Crippen molar-refractivity contribution < 1.29 is 28.2 Å². The third-order valence-electron chi connectivity index (χ3n) is 6.38. The van der Waals surface area contributed by atoms with Crippen molar-refractivity contribution in [3.8, 4) is 17.6 Å². The Balaban J connectivity index is 2.01. The predicted molar refractivity (Wildman–Crippen MR) is 124 cm³/mol. The van der Waals surface area contributed by atoms with Crippen LogP contribution in [0.2, 0.25) is 0 Å². The van der Waals surface area contributed by atoms with Gasteiger partial charge in [-0.1, -0.05) is 25.2 Å². The minimum Gasteiger partial charge on any atom is -0.487 e. The van der Waals surface area contributed by atoms with Crippen molar-refractivity contribution in [1.29, 1.82) is 0 Å². The summed E-state index contributed by atoms with van der Waals surface area (Å²) in [5, 5.41) is 19.2. The monoisotopic (exact) mass is 478 g/mol. The first-order valence-corrected chi connectivity index (χ1v) is 12.9. The Morgan fingerprint density at radius 1 is 1.33 bits per heavy atom. The van der Waals surface area contributed by atoms with E-state index in [0.29, 0.717) is 12.1 Å².